The molecule has 0 unspecified atom stereocenters. The summed E-state index contributed by atoms with van der Waals surface area (Å²) >= 11 is 0. The molecule has 5 nitrogen and oxygen atoms in total. The summed E-state index contributed by atoms with van der Waals surface area (Å²) in [7, 11) is 0. The molecule has 100 valence electrons. The molecule has 0 bridgehead atoms. The van der Waals surface area contributed by atoms with Gasteiger partial charge in [0, 0.05) is 12.8 Å². The number of rotatable bonds is 1. The topological polar surface area (TPSA) is 62.7 Å². The number of aliphatic imine (C=N–C) groups is 1. The van der Waals surface area contributed by atoms with Gasteiger partial charge in [0.1, 0.15) is 0 Å². The Kier molecular flexibility index (Phi) is 3.24. The maximum absolute atomic E-state index is 12.1. The zero-order chi connectivity index (χ0) is 12.4. The van der Waals surface area contributed by atoms with E-state index in [0.717, 1.165) is 38.8 Å². The normalized spacial score (nSPS) is 30.4. The Labute approximate surface area is 107 Å². The van der Waals surface area contributed by atoms with Gasteiger partial charge in [-0.3, -0.25) is 10.1 Å². The maximum Gasteiger partial charge on any atom is 0.292 e. The predicted octanol–water partition coefficient (Wildman–Crippen LogP) is 0.944. The molecule has 0 aromatic heterocycles. The molecule has 5 heteroatoms. The molecule has 0 radical (unpaired) electrons. The first-order valence-corrected chi connectivity index (χ1v) is 7.07. The van der Waals surface area contributed by atoms with Gasteiger partial charge >= 0.3 is 0 Å². The summed E-state index contributed by atoms with van der Waals surface area (Å²) < 4.78 is 5.85. The minimum atomic E-state index is -0.640. The SMILES string of the molecule is O=C1NC(=NC2CCCCC2)OC12CCNCC2. The fourth-order valence-corrected chi connectivity index (χ4v) is 3.06. The molecule has 1 amide bonds. The first kappa shape index (κ1) is 12.0. The summed E-state index contributed by atoms with van der Waals surface area (Å²) in [6, 6.07) is 0.805. The van der Waals surface area contributed by atoms with Crippen molar-refractivity contribution in [3.05, 3.63) is 0 Å². The molecule has 3 aliphatic rings. The van der Waals surface area contributed by atoms with E-state index in [1.807, 2.05) is 0 Å². The van der Waals surface area contributed by atoms with Crippen LogP contribution >= 0.6 is 0 Å². The minimum absolute atomic E-state index is 0.00133. The van der Waals surface area contributed by atoms with Gasteiger partial charge in [-0.05, 0) is 25.9 Å². The second kappa shape index (κ2) is 4.88. The summed E-state index contributed by atoms with van der Waals surface area (Å²) in [5.41, 5.74) is -0.640. The number of hydrogen-bond donors (Lipinski definition) is 2. The lowest BCUT2D eigenvalue weighted by Crippen LogP contribution is -2.47. The molecule has 0 atom stereocenters. The van der Waals surface area contributed by atoms with E-state index in [0.29, 0.717) is 12.1 Å². The smallest absolute Gasteiger partial charge is 0.292 e. The number of carbonyl (C=O) groups is 1. The third-order valence-electron chi connectivity index (χ3n) is 4.21. The zero-order valence-electron chi connectivity index (χ0n) is 10.7. The Hall–Kier alpha value is -1.10. The molecule has 2 heterocycles. The van der Waals surface area contributed by atoms with Gasteiger partial charge in [-0.25, -0.2) is 4.99 Å². The van der Waals surface area contributed by atoms with Crippen molar-refractivity contribution in [2.45, 2.75) is 56.6 Å². The molecule has 0 aromatic carbocycles. The number of amidine groups is 1. The third kappa shape index (κ3) is 2.23. The van der Waals surface area contributed by atoms with Crippen molar-refractivity contribution in [2.75, 3.05) is 13.1 Å². The van der Waals surface area contributed by atoms with Crippen LogP contribution in [-0.4, -0.2) is 36.7 Å². The van der Waals surface area contributed by atoms with E-state index < -0.39 is 5.60 Å². The van der Waals surface area contributed by atoms with Gasteiger partial charge in [-0.2, -0.15) is 0 Å². The number of nitrogens with zero attached hydrogens (tertiary/aromatic N) is 1. The Morgan fingerprint density at radius 3 is 2.61 bits per heavy atom. The summed E-state index contributed by atoms with van der Waals surface area (Å²) in [6.45, 7) is 1.67. The average Bonchev–Trinajstić information content (AvgIpc) is 2.68. The molecule has 2 saturated heterocycles. The Morgan fingerprint density at radius 1 is 1.17 bits per heavy atom. The van der Waals surface area contributed by atoms with Crippen LogP contribution in [0.1, 0.15) is 44.9 Å². The fourth-order valence-electron chi connectivity index (χ4n) is 3.06. The number of hydrogen-bond acceptors (Lipinski definition) is 4. The second-order valence-corrected chi connectivity index (χ2v) is 5.53. The van der Waals surface area contributed by atoms with Crippen molar-refractivity contribution in [1.82, 2.24) is 10.6 Å². The van der Waals surface area contributed by atoms with Crippen molar-refractivity contribution in [1.29, 1.82) is 0 Å². The molecule has 2 N–H and O–H groups in total. The van der Waals surface area contributed by atoms with E-state index >= 15 is 0 Å². The van der Waals surface area contributed by atoms with Gasteiger partial charge in [0.05, 0.1) is 6.04 Å². The molecule has 18 heavy (non-hydrogen) atoms. The summed E-state index contributed by atoms with van der Waals surface area (Å²) in [5, 5.41) is 6.08. The second-order valence-electron chi connectivity index (χ2n) is 5.53. The van der Waals surface area contributed by atoms with Crippen molar-refractivity contribution < 1.29 is 9.53 Å². The number of nitrogens with one attached hydrogen (secondary N) is 2. The Bertz CT molecular complexity index is 355. The lowest BCUT2D eigenvalue weighted by Gasteiger charge is -2.29. The van der Waals surface area contributed by atoms with E-state index in [2.05, 4.69) is 15.6 Å². The van der Waals surface area contributed by atoms with Gasteiger partial charge in [0.25, 0.3) is 11.9 Å². The van der Waals surface area contributed by atoms with Crippen LogP contribution in [-0.2, 0) is 9.53 Å². The van der Waals surface area contributed by atoms with Gasteiger partial charge < -0.3 is 10.1 Å². The highest BCUT2D eigenvalue weighted by Gasteiger charge is 2.48. The predicted molar refractivity (Wildman–Crippen MR) is 68.4 cm³/mol. The van der Waals surface area contributed by atoms with Crippen molar-refractivity contribution in [3.63, 3.8) is 0 Å². The number of ether oxygens (including phenoxy) is 1. The maximum atomic E-state index is 12.1. The molecule has 1 saturated carbocycles. The van der Waals surface area contributed by atoms with Gasteiger partial charge in [0.2, 0.25) is 0 Å². The molecular formula is C13H21N3O2. The summed E-state index contributed by atoms with van der Waals surface area (Å²) in [4.78, 5) is 16.6. The van der Waals surface area contributed by atoms with E-state index in [9.17, 15) is 4.79 Å². The van der Waals surface area contributed by atoms with Crippen LogP contribution in [0.3, 0.4) is 0 Å². The minimum Gasteiger partial charge on any atom is -0.448 e. The van der Waals surface area contributed by atoms with Crippen molar-refractivity contribution >= 4 is 11.9 Å². The molecule has 3 fully saturated rings. The Morgan fingerprint density at radius 2 is 1.89 bits per heavy atom. The molecule has 0 aromatic rings. The quantitative estimate of drug-likeness (QED) is 0.729. The van der Waals surface area contributed by atoms with Gasteiger partial charge in [0.15, 0.2) is 5.60 Å². The lowest BCUT2D eigenvalue weighted by molar-refractivity contribution is -0.132. The number of piperidine rings is 1. The highest BCUT2D eigenvalue weighted by Crippen LogP contribution is 2.28. The molecule has 2 aliphatic heterocycles. The van der Waals surface area contributed by atoms with Gasteiger partial charge in [-0.15, -0.1) is 0 Å². The summed E-state index contributed by atoms with van der Waals surface area (Å²) in [5.74, 6) is -0.00133. The lowest BCUT2D eigenvalue weighted by atomic mass is 9.92. The molecular weight excluding hydrogens is 230 g/mol. The third-order valence-corrected chi connectivity index (χ3v) is 4.21. The van der Waals surface area contributed by atoms with Gasteiger partial charge in [-0.1, -0.05) is 19.3 Å². The summed E-state index contributed by atoms with van der Waals surface area (Å²) in [6.07, 6.45) is 7.51. The van der Waals surface area contributed by atoms with Crippen LogP contribution in [0.2, 0.25) is 0 Å². The van der Waals surface area contributed by atoms with Crippen molar-refractivity contribution in [3.8, 4) is 0 Å². The molecule has 1 spiro atoms. The van der Waals surface area contributed by atoms with E-state index in [-0.39, 0.29) is 5.91 Å². The van der Waals surface area contributed by atoms with Crippen LogP contribution in [0.5, 0.6) is 0 Å². The number of amides is 1. The largest absolute Gasteiger partial charge is 0.448 e. The average molecular weight is 251 g/mol. The van der Waals surface area contributed by atoms with E-state index in [4.69, 9.17) is 4.74 Å². The monoisotopic (exact) mass is 251 g/mol. The molecule has 3 rings (SSSR count). The van der Waals surface area contributed by atoms with E-state index in [1.54, 1.807) is 0 Å². The zero-order valence-corrected chi connectivity index (χ0v) is 10.7. The fraction of sp³-hybridized carbons (Fsp3) is 0.846. The standard InChI is InChI=1S/C13H21N3O2/c17-11-13(6-8-14-9-7-13)18-12(16-11)15-10-4-2-1-3-5-10/h10,14H,1-9H2,(H,15,16,17). The van der Waals surface area contributed by atoms with Crippen molar-refractivity contribution in [2.24, 2.45) is 4.99 Å². The number of carbonyl (C=O) groups excluding carboxylic acids is 1. The molecule has 1 aliphatic carbocycles. The first-order chi connectivity index (χ1) is 8.78. The van der Waals surface area contributed by atoms with Crippen LogP contribution < -0.4 is 10.6 Å². The van der Waals surface area contributed by atoms with Crippen LogP contribution in [0.25, 0.3) is 0 Å². The highest BCUT2D eigenvalue weighted by atomic mass is 16.5. The Balaban J connectivity index is 1.68. The van der Waals surface area contributed by atoms with Crippen LogP contribution in [0.4, 0.5) is 0 Å². The first-order valence-electron chi connectivity index (χ1n) is 7.07. The highest BCUT2D eigenvalue weighted by molar-refractivity contribution is 6.04. The van der Waals surface area contributed by atoms with Crippen LogP contribution in [0, 0.1) is 0 Å². The van der Waals surface area contributed by atoms with Crippen LogP contribution in [0.15, 0.2) is 4.99 Å². The van der Waals surface area contributed by atoms with E-state index in [1.165, 1.54) is 19.3 Å².